The van der Waals surface area contributed by atoms with Gasteiger partial charge in [0.05, 0.1) is 16.8 Å². The molecule has 0 bridgehead atoms. The maximum atomic E-state index is 13.4. The fourth-order valence-electron chi connectivity index (χ4n) is 4.95. The molecule has 1 saturated heterocycles. The van der Waals surface area contributed by atoms with Crippen LogP contribution in [0.3, 0.4) is 0 Å². The summed E-state index contributed by atoms with van der Waals surface area (Å²) in [6.07, 6.45) is -0.133. The molecule has 10 nitrogen and oxygen atoms in total. The highest BCUT2D eigenvalue weighted by molar-refractivity contribution is 6.23. The van der Waals surface area contributed by atoms with Gasteiger partial charge in [0.1, 0.15) is 23.0 Å². The molecule has 0 radical (unpaired) electrons. The fourth-order valence-corrected chi connectivity index (χ4v) is 4.95. The van der Waals surface area contributed by atoms with Crippen LogP contribution in [0.4, 0.5) is 5.69 Å². The third-order valence-corrected chi connectivity index (χ3v) is 6.40. The van der Waals surface area contributed by atoms with Crippen molar-refractivity contribution in [2.45, 2.75) is 18.4 Å². The van der Waals surface area contributed by atoms with Gasteiger partial charge in [-0.3, -0.25) is 9.59 Å². The van der Waals surface area contributed by atoms with Crippen molar-refractivity contribution in [2.24, 2.45) is 0 Å². The number of esters is 1. The van der Waals surface area contributed by atoms with Gasteiger partial charge in [0.15, 0.2) is 5.60 Å². The number of fused-ring (bicyclic) bond motifs is 6. The summed E-state index contributed by atoms with van der Waals surface area (Å²) in [6, 6.07) is 10.6. The number of phenolic OH excluding ortho intramolecular Hbond substituents is 2. The van der Waals surface area contributed by atoms with Gasteiger partial charge in [0, 0.05) is 41.7 Å². The van der Waals surface area contributed by atoms with Crippen molar-refractivity contribution in [3.8, 4) is 23.0 Å². The minimum Gasteiger partial charge on any atom is -0.508 e. The molecule has 3 aliphatic heterocycles. The lowest BCUT2D eigenvalue weighted by Crippen LogP contribution is -2.33. The normalized spacial score (nSPS) is 17.0. The van der Waals surface area contributed by atoms with Crippen molar-refractivity contribution in [3.05, 3.63) is 76.3 Å². The summed E-state index contributed by atoms with van der Waals surface area (Å²) < 4.78 is 11.8. The summed E-state index contributed by atoms with van der Waals surface area (Å²) in [6.45, 7) is 0. The third kappa shape index (κ3) is 2.70. The number of imide groups is 1. The highest BCUT2D eigenvalue weighted by atomic mass is 16.6. The molecular formula is C25H15NO9. The molecule has 174 valence electrons. The molecule has 0 aliphatic carbocycles. The van der Waals surface area contributed by atoms with Crippen LogP contribution >= 0.6 is 0 Å². The molecule has 3 heterocycles. The summed E-state index contributed by atoms with van der Waals surface area (Å²) in [4.78, 5) is 51.4. The highest BCUT2D eigenvalue weighted by Gasteiger charge is 2.55. The Kier molecular flexibility index (Phi) is 4.04. The zero-order valence-electron chi connectivity index (χ0n) is 17.8. The molecule has 3 aromatic rings. The Morgan fingerprint density at radius 1 is 0.829 bits per heavy atom. The molecule has 0 atom stereocenters. The van der Waals surface area contributed by atoms with Crippen molar-refractivity contribution >= 4 is 29.4 Å². The number of carboxylic acids is 1. The predicted octanol–water partition coefficient (Wildman–Crippen LogP) is 3.02. The number of nitrogens with zero attached hydrogens (tertiary/aromatic N) is 1. The second-order valence-electron chi connectivity index (χ2n) is 8.38. The number of hydrogen-bond donors (Lipinski definition) is 3. The molecule has 6 rings (SSSR count). The van der Waals surface area contributed by atoms with Crippen molar-refractivity contribution < 1.29 is 44.0 Å². The monoisotopic (exact) mass is 473 g/mol. The second-order valence-corrected chi connectivity index (χ2v) is 8.38. The van der Waals surface area contributed by atoms with E-state index in [0.717, 1.165) is 11.0 Å². The minimum absolute atomic E-state index is 0.0663. The standard InChI is InChI=1S/C25H15NO9/c27-12-1-3-14-18(9-12)34-19-10-13(28)2-4-15(19)25(14)16-7-11(23(31)32)8-17(22(16)24(33)35-25)26-20(29)5-6-21(26)30/h1-4,7-10,27-28H,5-6H2,(H,31,32). The highest BCUT2D eigenvalue weighted by Crippen LogP contribution is 2.58. The van der Waals surface area contributed by atoms with Crippen LogP contribution in [0.2, 0.25) is 0 Å². The van der Waals surface area contributed by atoms with Crippen LogP contribution in [0.5, 0.6) is 23.0 Å². The first-order valence-electron chi connectivity index (χ1n) is 10.6. The van der Waals surface area contributed by atoms with Crippen molar-refractivity contribution in [2.75, 3.05) is 4.90 Å². The Bertz CT molecular complexity index is 1460. The molecule has 3 aromatic carbocycles. The van der Waals surface area contributed by atoms with Crippen molar-refractivity contribution in [3.63, 3.8) is 0 Å². The lowest BCUT2D eigenvalue weighted by atomic mass is 9.77. The smallest absolute Gasteiger partial charge is 0.342 e. The van der Waals surface area contributed by atoms with E-state index >= 15 is 0 Å². The van der Waals surface area contributed by atoms with Gasteiger partial charge in [-0.15, -0.1) is 0 Å². The van der Waals surface area contributed by atoms with Crippen molar-refractivity contribution in [1.82, 2.24) is 0 Å². The number of amides is 2. The summed E-state index contributed by atoms with van der Waals surface area (Å²) in [5.41, 5.74) is -1.63. The zero-order valence-corrected chi connectivity index (χ0v) is 17.8. The van der Waals surface area contributed by atoms with E-state index in [1.807, 2.05) is 0 Å². The molecule has 2 amide bonds. The topological polar surface area (TPSA) is 151 Å². The molecule has 1 spiro atoms. The van der Waals surface area contributed by atoms with E-state index in [1.54, 1.807) is 0 Å². The summed E-state index contributed by atoms with van der Waals surface area (Å²) in [7, 11) is 0. The Hall–Kier alpha value is -4.86. The first-order valence-corrected chi connectivity index (χ1v) is 10.6. The van der Waals surface area contributed by atoms with Gasteiger partial charge in [0.25, 0.3) is 0 Å². The number of hydrogen-bond acceptors (Lipinski definition) is 8. The SMILES string of the molecule is O=C(O)c1cc(N2C(=O)CCC2=O)c2c(c1)C1(OC2=O)c2ccc(O)cc2Oc2cc(O)ccc21. The van der Waals surface area contributed by atoms with Crippen LogP contribution in [0, 0.1) is 0 Å². The number of aromatic hydroxyl groups is 2. The Balaban J connectivity index is 1.74. The molecular weight excluding hydrogens is 458 g/mol. The molecule has 0 unspecified atom stereocenters. The first-order chi connectivity index (χ1) is 16.7. The van der Waals surface area contributed by atoms with Crippen LogP contribution in [-0.4, -0.2) is 39.1 Å². The lowest BCUT2D eigenvalue weighted by molar-refractivity contribution is -0.121. The van der Waals surface area contributed by atoms with Crippen LogP contribution < -0.4 is 9.64 Å². The molecule has 35 heavy (non-hydrogen) atoms. The van der Waals surface area contributed by atoms with Gasteiger partial charge < -0.3 is 24.8 Å². The van der Waals surface area contributed by atoms with Gasteiger partial charge in [-0.1, -0.05) is 0 Å². The molecule has 3 N–H and O–H groups in total. The second kappa shape index (κ2) is 6.83. The van der Waals surface area contributed by atoms with E-state index < -0.39 is 29.4 Å². The van der Waals surface area contributed by atoms with Gasteiger partial charge in [0.2, 0.25) is 11.8 Å². The number of ether oxygens (including phenoxy) is 2. The van der Waals surface area contributed by atoms with Gasteiger partial charge in [-0.05, 0) is 36.4 Å². The molecule has 10 heteroatoms. The van der Waals surface area contributed by atoms with Gasteiger partial charge in [-0.2, -0.15) is 0 Å². The minimum atomic E-state index is -1.73. The lowest BCUT2D eigenvalue weighted by Gasteiger charge is -2.36. The Labute approximate surface area is 196 Å². The van der Waals surface area contributed by atoms with E-state index in [2.05, 4.69) is 0 Å². The van der Waals surface area contributed by atoms with Gasteiger partial charge >= 0.3 is 11.9 Å². The third-order valence-electron chi connectivity index (χ3n) is 6.40. The molecule has 0 saturated carbocycles. The fraction of sp³-hybridized carbons (Fsp3) is 0.120. The summed E-state index contributed by atoms with van der Waals surface area (Å²) in [5.74, 6) is -3.39. The number of aromatic carboxylic acids is 1. The number of carbonyl (C=O) groups excluding carboxylic acids is 3. The largest absolute Gasteiger partial charge is 0.508 e. The number of anilines is 1. The van der Waals surface area contributed by atoms with E-state index in [0.29, 0.717) is 0 Å². The molecule has 0 aromatic heterocycles. The maximum absolute atomic E-state index is 13.4. The summed E-state index contributed by atoms with van der Waals surface area (Å²) in [5, 5.41) is 29.9. The number of benzene rings is 3. The molecule has 1 fully saturated rings. The van der Waals surface area contributed by atoms with Crippen LogP contribution in [0.25, 0.3) is 0 Å². The van der Waals surface area contributed by atoms with E-state index in [-0.39, 0.29) is 69.3 Å². The zero-order chi connectivity index (χ0) is 24.6. The van der Waals surface area contributed by atoms with E-state index in [9.17, 15) is 34.5 Å². The Morgan fingerprint density at radius 3 is 1.94 bits per heavy atom. The maximum Gasteiger partial charge on any atom is 0.342 e. The first kappa shape index (κ1) is 20.7. The predicted molar refractivity (Wildman–Crippen MR) is 117 cm³/mol. The average Bonchev–Trinajstić information content (AvgIpc) is 3.29. The quantitative estimate of drug-likeness (QED) is 0.377. The molecule has 3 aliphatic rings. The number of carbonyl (C=O) groups is 4. The summed E-state index contributed by atoms with van der Waals surface area (Å²) >= 11 is 0. The van der Waals surface area contributed by atoms with Crippen molar-refractivity contribution in [1.29, 1.82) is 0 Å². The van der Waals surface area contributed by atoms with Crippen LogP contribution in [0.1, 0.15) is 50.2 Å². The van der Waals surface area contributed by atoms with Crippen LogP contribution in [0.15, 0.2) is 48.5 Å². The van der Waals surface area contributed by atoms with Gasteiger partial charge in [-0.25, -0.2) is 14.5 Å². The Morgan fingerprint density at radius 2 is 1.40 bits per heavy atom. The van der Waals surface area contributed by atoms with Crippen LogP contribution in [-0.2, 0) is 19.9 Å². The average molecular weight is 473 g/mol. The van der Waals surface area contributed by atoms with E-state index in [4.69, 9.17) is 9.47 Å². The number of rotatable bonds is 2. The number of phenols is 2. The number of carboxylic acid groups (broad SMARTS) is 1. The van der Waals surface area contributed by atoms with E-state index in [1.165, 1.54) is 42.5 Å².